The van der Waals surface area contributed by atoms with Gasteiger partial charge in [0.1, 0.15) is 5.82 Å². The summed E-state index contributed by atoms with van der Waals surface area (Å²) in [6.07, 6.45) is -4.48. The van der Waals surface area contributed by atoms with Crippen LogP contribution in [0.1, 0.15) is 30.1 Å². The van der Waals surface area contributed by atoms with Gasteiger partial charge in [0.15, 0.2) is 0 Å². The fourth-order valence-electron chi connectivity index (χ4n) is 1.70. The van der Waals surface area contributed by atoms with Crippen LogP contribution in [0.2, 0.25) is 0 Å². The van der Waals surface area contributed by atoms with Crippen LogP contribution in [-0.4, -0.2) is 5.11 Å². The lowest BCUT2D eigenvalue weighted by Crippen LogP contribution is -2.12. The summed E-state index contributed by atoms with van der Waals surface area (Å²) in [5.41, 5.74) is -1.63. The monoisotopic (exact) mass is 312 g/mol. The van der Waals surface area contributed by atoms with Gasteiger partial charge in [-0.1, -0.05) is 15.9 Å². The second-order valence-corrected chi connectivity index (χ2v) is 5.05. The summed E-state index contributed by atoms with van der Waals surface area (Å²) < 4.78 is 51.4. The van der Waals surface area contributed by atoms with Gasteiger partial charge >= 0.3 is 6.18 Å². The van der Waals surface area contributed by atoms with E-state index in [-0.39, 0.29) is 16.0 Å². The molecule has 0 amide bonds. The van der Waals surface area contributed by atoms with Crippen molar-refractivity contribution in [3.63, 3.8) is 0 Å². The Bertz CT molecular complexity index is 440. The molecule has 0 radical (unpaired) electrons. The third kappa shape index (κ3) is 2.63. The summed E-state index contributed by atoms with van der Waals surface area (Å²) in [4.78, 5) is 0. The van der Waals surface area contributed by atoms with Crippen molar-refractivity contribution in [3.05, 3.63) is 33.5 Å². The Morgan fingerprint density at radius 1 is 1.29 bits per heavy atom. The van der Waals surface area contributed by atoms with Crippen molar-refractivity contribution < 1.29 is 22.7 Å². The van der Waals surface area contributed by atoms with Gasteiger partial charge in [0.2, 0.25) is 0 Å². The van der Waals surface area contributed by atoms with Crippen molar-refractivity contribution >= 4 is 15.9 Å². The number of hydrogen-bond acceptors (Lipinski definition) is 1. The normalized spacial score (nSPS) is 18.2. The van der Waals surface area contributed by atoms with Crippen LogP contribution >= 0.6 is 15.9 Å². The van der Waals surface area contributed by atoms with Gasteiger partial charge in [0, 0.05) is 10.0 Å². The molecule has 0 aromatic heterocycles. The van der Waals surface area contributed by atoms with Gasteiger partial charge in [-0.25, -0.2) is 4.39 Å². The molecule has 0 bridgehead atoms. The minimum atomic E-state index is -4.76. The Kier molecular flexibility index (Phi) is 3.20. The lowest BCUT2D eigenvalue weighted by molar-refractivity contribution is -0.140. The number of alkyl halides is 3. The molecule has 17 heavy (non-hydrogen) atoms. The molecule has 1 nitrogen and oxygen atoms in total. The highest BCUT2D eigenvalue weighted by Crippen LogP contribution is 2.44. The van der Waals surface area contributed by atoms with Gasteiger partial charge < -0.3 is 5.11 Å². The molecule has 94 valence electrons. The zero-order valence-corrected chi connectivity index (χ0v) is 10.1. The van der Waals surface area contributed by atoms with Crippen molar-refractivity contribution in [2.75, 3.05) is 0 Å². The maximum Gasteiger partial charge on any atom is 0.419 e. The van der Waals surface area contributed by atoms with Crippen LogP contribution in [-0.2, 0) is 6.18 Å². The molecule has 1 fully saturated rings. The molecule has 6 heteroatoms. The Balaban J connectivity index is 2.48. The third-order valence-electron chi connectivity index (χ3n) is 2.76. The second kappa shape index (κ2) is 4.24. The molecule has 0 aliphatic heterocycles. The number of hydrogen-bond donors (Lipinski definition) is 1. The number of halogens is 5. The molecule has 1 aliphatic carbocycles. The molecule has 1 N–H and O–H groups in total. The van der Waals surface area contributed by atoms with Crippen LogP contribution < -0.4 is 0 Å². The van der Waals surface area contributed by atoms with E-state index < -0.39 is 23.7 Å². The van der Waals surface area contributed by atoms with E-state index in [1.165, 1.54) is 6.07 Å². The van der Waals surface area contributed by atoms with Crippen molar-refractivity contribution in [1.82, 2.24) is 0 Å². The predicted octanol–water partition coefficient (Wildman–Crippen LogP) is 4.05. The van der Waals surface area contributed by atoms with Gasteiger partial charge in [-0.05, 0) is 30.9 Å². The fourth-order valence-corrected chi connectivity index (χ4v) is 2.17. The number of aliphatic hydroxyl groups excluding tert-OH is 1. The van der Waals surface area contributed by atoms with E-state index >= 15 is 0 Å². The van der Waals surface area contributed by atoms with E-state index in [2.05, 4.69) is 15.9 Å². The summed E-state index contributed by atoms with van der Waals surface area (Å²) in [5, 5.41) is 9.73. The highest BCUT2D eigenvalue weighted by Gasteiger charge is 2.39. The summed E-state index contributed by atoms with van der Waals surface area (Å²) in [5.74, 6) is -1.50. The molecule has 0 heterocycles. The maximum atomic E-state index is 13.7. The predicted molar refractivity (Wildman–Crippen MR) is 56.8 cm³/mol. The Hall–Kier alpha value is -0.620. The minimum Gasteiger partial charge on any atom is -0.388 e. The van der Waals surface area contributed by atoms with Crippen LogP contribution in [0.3, 0.4) is 0 Å². The fraction of sp³-hybridized carbons (Fsp3) is 0.455. The quantitative estimate of drug-likeness (QED) is 0.817. The molecule has 1 saturated carbocycles. The minimum absolute atomic E-state index is 0.112. The van der Waals surface area contributed by atoms with Gasteiger partial charge in [-0.2, -0.15) is 13.2 Å². The average molecular weight is 313 g/mol. The lowest BCUT2D eigenvalue weighted by atomic mass is 10.0. The topological polar surface area (TPSA) is 20.2 Å². The molecule has 1 aromatic rings. The van der Waals surface area contributed by atoms with Crippen LogP contribution in [0, 0.1) is 11.7 Å². The summed E-state index contributed by atoms with van der Waals surface area (Å²) in [6, 6.07) is 1.88. The number of aliphatic hydroxyl groups is 1. The van der Waals surface area contributed by atoms with E-state index in [0.29, 0.717) is 18.9 Å². The van der Waals surface area contributed by atoms with Crippen LogP contribution in [0.4, 0.5) is 17.6 Å². The highest BCUT2D eigenvalue weighted by atomic mass is 79.9. The van der Waals surface area contributed by atoms with E-state index in [4.69, 9.17) is 0 Å². The van der Waals surface area contributed by atoms with Crippen molar-refractivity contribution in [2.24, 2.45) is 5.92 Å². The molecule has 0 spiro atoms. The summed E-state index contributed by atoms with van der Waals surface area (Å²) in [6.45, 7) is 0. The standard InChI is InChI=1S/C11H9BrF4O/c12-6-3-7(10(17)5-1-2-5)9(13)8(4-6)11(14,15)16/h3-5,10,17H,1-2H2. The lowest BCUT2D eigenvalue weighted by Gasteiger charge is -2.16. The highest BCUT2D eigenvalue weighted by molar-refractivity contribution is 9.10. The largest absolute Gasteiger partial charge is 0.419 e. The molecule has 2 rings (SSSR count). The first kappa shape index (κ1) is 12.8. The average Bonchev–Trinajstić information content (AvgIpc) is 3.01. The third-order valence-corrected chi connectivity index (χ3v) is 3.22. The van der Waals surface area contributed by atoms with E-state index in [1.54, 1.807) is 0 Å². The molecular formula is C11H9BrF4O. The Morgan fingerprint density at radius 3 is 2.35 bits per heavy atom. The second-order valence-electron chi connectivity index (χ2n) is 4.14. The van der Waals surface area contributed by atoms with Gasteiger partial charge in [0.25, 0.3) is 0 Å². The maximum absolute atomic E-state index is 13.7. The smallest absolute Gasteiger partial charge is 0.388 e. The van der Waals surface area contributed by atoms with Crippen molar-refractivity contribution in [1.29, 1.82) is 0 Å². The zero-order chi connectivity index (χ0) is 12.8. The van der Waals surface area contributed by atoms with Crippen LogP contribution in [0.15, 0.2) is 16.6 Å². The van der Waals surface area contributed by atoms with Crippen LogP contribution in [0.25, 0.3) is 0 Å². The van der Waals surface area contributed by atoms with E-state index in [9.17, 15) is 22.7 Å². The molecule has 1 atom stereocenters. The molecule has 1 aliphatic rings. The molecular weight excluding hydrogens is 304 g/mol. The summed E-state index contributed by atoms with van der Waals surface area (Å²) in [7, 11) is 0. The Morgan fingerprint density at radius 2 is 1.88 bits per heavy atom. The van der Waals surface area contributed by atoms with Gasteiger partial charge in [-0.15, -0.1) is 0 Å². The Labute approximate surface area is 104 Å². The van der Waals surface area contributed by atoms with Crippen molar-refractivity contribution in [3.8, 4) is 0 Å². The molecule has 1 unspecified atom stereocenters. The number of rotatable bonds is 2. The van der Waals surface area contributed by atoms with E-state index in [1.807, 2.05) is 0 Å². The zero-order valence-electron chi connectivity index (χ0n) is 8.56. The first-order valence-corrected chi connectivity index (χ1v) is 5.84. The first-order valence-electron chi connectivity index (χ1n) is 5.05. The molecule has 1 aromatic carbocycles. The van der Waals surface area contributed by atoms with Gasteiger partial charge in [0.05, 0.1) is 11.7 Å². The first-order chi connectivity index (χ1) is 7.80. The SMILES string of the molecule is OC(c1cc(Br)cc(C(F)(F)F)c1F)C1CC1. The van der Waals surface area contributed by atoms with Crippen LogP contribution in [0.5, 0.6) is 0 Å². The molecule has 0 saturated heterocycles. The number of benzene rings is 1. The van der Waals surface area contributed by atoms with E-state index in [0.717, 1.165) is 0 Å². The van der Waals surface area contributed by atoms with Gasteiger partial charge in [-0.3, -0.25) is 0 Å². The van der Waals surface area contributed by atoms with Crippen molar-refractivity contribution in [2.45, 2.75) is 25.1 Å². The summed E-state index contributed by atoms with van der Waals surface area (Å²) >= 11 is 2.90.